The zero-order valence-corrected chi connectivity index (χ0v) is 16.7. The Balaban J connectivity index is 1.76. The van der Waals surface area contributed by atoms with Gasteiger partial charge in [-0.3, -0.25) is 9.10 Å². The molecular formula is C19H23FN2O3S2. The normalized spacial score (nSPS) is 11.2. The van der Waals surface area contributed by atoms with Gasteiger partial charge < -0.3 is 5.32 Å². The van der Waals surface area contributed by atoms with Crippen molar-refractivity contribution in [1.82, 2.24) is 5.32 Å². The number of nitrogens with zero attached hydrogens (tertiary/aromatic N) is 1. The second kappa shape index (κ2) is 10.3. The fourth-order valence-electron chi connectivity index (χ4n) is 2.47. The molecule has 0 aliphatic carbocycles. The molecule has 1 N–H and O–H groups in total. The number of thioether (sulfide) groups is 1. The van der Waals surface area contributed by atoms with Gasteiger partial charge in [0.1, 0.15) is 5.82 Å². The largest absolute Gasteiger partial charge is 0.355 e. The van der Waals surface area contributed by atoms with Crippen molar-refractivity contribution in [2.75, 3.05) is 29.4 Å². The van der Waals surface area contributed by atoms with Crippen LogP contribution in [0.2, 0.25) is 0 Å². The molecule has 2 rings (SSSR count). The Bertz CT molecular complexity index is 845. The SMILES string of the molecule is CS(=O)(=O)N(CCCC(=O)NCCSc1ccccc1)c1ccccc1F. The lowest BCUT2D eigenvalue weighted by Gasteiger charge is -2.22. The van der Waals surface area contributed by atoms with Crippen LogP contribution < -0.4 is 9.62 Å². The lowest BCUT2D eigenvalue weighted by molar-refractivity contribution is -0.121. The first-order valence-electron chi connectivity index (χ1n) is 8.55. The highest BCUT2D eigenvalue weighted by molar-refractivity contribution is 7.99. The summed E-state index contributed by atoms with van der Waals surface area (Å²) in [7, 11) is -3.63. The zero-order valence-electron chi connectivity index (χ0n) is 15.1. The van der Waals surface area contributed by atoms with Crippen molar-refractivity contribution in [2.24, 2.45) is 0 Å². The molecule has 0 saturated carbocycles. The predicted octanol–water partition coefficient (Wildman–Crippen LogP) is 3.28. The number of benzene rings is 2. The Hall–Kier alpha value is -2.06. The quantitative estimate of drug-likeness (QED) is 0.482. The van der Waals surface area contributed by atoms with Crippen molar-refractivity contribution in [3.63, 3.8) is 0 Å². The van der Waals surface area contributed by atoms with Gasteiger partial charge >= 0.3 is 0 Å². The maximum absolute atomic E-state index is 13.9. The number of para-hydroxylation sites is 1. The van der Waals surface area contributed by atoms with Crippen molar-refractivity contribution >= 4 is 33.4 Å². The molecule has 0 radical (unpaired) electrons. The first-order chi connectivity index (χ1) is 12.9. The Morgan fingerprint density at radius 3 is 2.44 bits per heavy atom. The van der Waals surface area contributed by atoms with E-state index in [1.54, 1.807) is 17.8 Å². The van der Waals surface area contributed by atoms with Crippen molar-refractivity contribution < 1.29 is 17.6 Å². The van der Waals surface area contributed by atoms with Gasteiger partial charge in [-0.05, 0) is 30.7 Å². The van der Waals surface area contributed by atoms with Gasteiger partial charge in [-0.2, -0.15) is 0 Å². The van der Waals surface area contributed by atoms with Gasteiger partial charge in [-0.15, -0.1) is 11.8 Å². The maximum Gasteiger partial charge on any atom is 0.232 e. The van der Waals surface area contributed by atoms with Crippen molar-refractivity contribution in [1.29, 1.82) is 0 Å². The molecule has 0 aliphatic rings. The van der Waals surface area contributed by atoms with Gasteiger partial charge in [0.15, 0.2) is 0 Å². The Kier molecular flexibility index (Phi) is 8.12. The number of carbonyl (C=O) groups excluding carboxylic acids is 1. The molecule has 0 atom stereocenters. The van der Waals surface area contributed by atoms with E-state index in [-0.39, 0.29) is 24.6 Å². The van der Waals surface area contributed by atoms with Gasteiger partial charge in [-0.1, -0.05) is 30.3 Å². The monoisotopic (exact) mass is 410 g/mol. The van der Waals surface area contributed by atoms with Gasteiger partial charge in [-0.25, -0.2) is 12.8 Å². The summed E-state index contributed by atoms with van der Waals surface area (Å²) in [5.74, 6) is -0.00330. The Morgan fingerprint density at radius 1 is 1.11 bits per heavy atom. The van der Waals surface area contributed by atoms with Crippen LogP contribution in [-0.4, -0.2) is 39.4 Å². The molecule has 0 aliphatic heterocycles. The van der Waals surface area contributed by atoms with Crippen LogP contribution in [0.15, 0.2) is 59.5 Å². The summed E-state index contributed by atoms with van der Waals surface area (Å²) in [6.07, 6.45) is 1.51. The number of rotatable bonds is 10. The molecule has 0 saturated heterocycles. The summed E-state index contributed by atoms with van der Waals surface area (Å²) in [5.41, 5.74) is -0.000306. The number of nitrogens with one attached hydrogen (secondary N) is 1. The predicted molar refractivity (Wildman–Crippen MR) is 108 cm³/mol. The van der Waals surface area contributed by atoms with Crippen LogP contribution in [0, 0.1) is 5.82 Å². The van der Waals surface area contributed by atoms with Crippen molar-refractivity contribution in [2.45, 2.75) is 17.7 Å². The molecule has 0 bridgehead atoms. The molecule has 2 aromatic rings. The van der Waals surface area contributed by atoms with Gasteiger partial charge in [0.05, 0.1) is 11.9 Å². The molecule has 0 heterocycles. The number of hydrogen-bond donors (Lipinski definition) is 1. The molecule has 0 fully saturated rings. The number of sulfonamides is 1. The summed E-state index contributed by atoms with van der Waals surface area (Å²) in [6.45, 7) is 0.577. The molecule has 8 heteroatoms. The van der Waals surface area contributed by atoms with Crippen LogP contribution in [-0.2, 0) is 14.8 Å². The number of amides is 1. The van der Waals surface area contributed by atoms with E-state index in [9.17, 15) is 17.6 Å². The van der Waals surface area contributed by atoms with E-state index in [4.69, 9.17) is 0 Å². The Morgan fingerprint density at radius 2 is 1.78 bits per heavy atom. The third kappa shape index (κ3) is 7.22. The fraction of sp³-hybridized carbons (Fsp3) is 0.316. The second-order valence-corrected chi connectivity index (χ2v) is 8.98. The zero-order chi connectivity index (χ0) is 19.7. The van der Waals surface area contributed by atoms with E-state index in [2.05, 4.69) is 5.32 Å². The Labute approximate surface area is 164 Å². The van der Waals surface area contributed by atoms with E-state index in [0.717, 1.165) is 21.2 Å². The smallest absolute Gasteiger partial charge is 0.232 e. The van der Waals surface area contributed by atoms with Gasteiger partial charge in [0, 0.05) is 30.2 Å². The highest BCUT2D eigenvalue weighted by Gasteiger charge is 2.20. The molecular weight excluding hydrogens is 387 g/mol. The molecule has 27 heavy (non-hydrogen) atoms. The molecule has 0 unspecified atom stereocenters. The maximum atomic E-state index is 13.9. The third-order valence-corrected chi connectivity index (χ3v) is 5.92. The van der Waals surface area contributed by atoms with E-state index < -0.39 is 15.8 Å². The average Bonchev–Trinajstić information content (AvgIpc) is 2.63. The lowest BCUT2D eigenvalue weighted by Crippen LogP contribution is -2.33. The fourth-order valence-corrected chi connectivity index (χ4v) is 4.22. The molecule has 0 spiro atoms. The van der Waals surface area contributed by atoms with Crippen LogP contribution in [0.5, 0.6) is 0 Å². The van der Waals surface area contributed by atoms with E-state index in [1.807, 2.05) is 30.3 Å². The van der Waals surface area contributed by atoms with E-state index in [0.29, 0.717) is 13.0 Å². The van der Waals surface area contributed by atoms with Crippen LogP contribution in [0.25, 0.3) is 0 Å². The van der Waals surface area contributed by atoms with E-state index in [1.165, 1.54) is 18.2 Å². The molecule has 1 amide bonds. The van der Waals surface area contributed by atoms with Crippen molar-refractivity contribution in [3.05, 3.63) is 60.4 Å². The summed E-state index contributed by atoms with van der Waals surface area (Å²) >= 11 is 1.65. The lowest BCUT2D eigenvalue weighted by atomic mass is 10.2. The summed E-state index contributed by atoms with van der Waals surface area (Å²) < 4.78 is 38.8. The second-order valence-electron chi connectivity index (χ2n) is 5.90. The summed E-state index contributed by atoms with van der Waals surface area (Å²) in [4.78, 5) is 13.1. The summed E-state index contributed by atoms with van der Waals surface area (Å²) in [5, 5.41) is 2.81. The highest BCUT2D eigenvalue weighted by atomic mass is 32.2. The number of carbonyl (C=O) groups is 1. The third-order valence-electron chi connectivity index (χ3n) is 3.72. The number of hydrogen-bond acceptors (Lipinski definition) is 4. The standard InChI is InChI=1S/C19H23FN2O3S2/c1-27(24,25)22(18-11-6-5-10-17(18)20)14-7-12-19(23)21-13-15-26-16-8-3-2-4-9-16/h2-6,8-11H,7,12-15H2,1H3,(H,21,23). The number of halogens is 1. The first-order valence-corrected chi connectivity index (χ1v) is 11.4. The minimum Gasteiger partial charge on any atom is -0.355 e. The van der Waals surface area contributed by atoms with Crippen molar-refractivity contribution in [3.8, 4) is 0 Å². The van der Waals surface area contributed by atoms with Crippen LogP contribution in [0.3, 0.4) is 0 Å². The van der Waals surface area contributed by atoms with Crippen LogP contribution in [0.4, 0.5) is 10.1 Å². The highest BCUT2D eigenvalue weighted by Crippen LogP contribution is 2.21. The van der Waals surface area contributed by atoms with Gasteiger partial charge in [0.25, 0.3) is 0 Å². The molecule has 2 aromatic carbocycles. The summed E-state index contributed by atoms with van der Waals surface area (Å²) in [6, 6.07) is 15.6. The van der Waals surface area contributed by atoms with Gasteiger partial charge in [0.2, 0.25) is 15.9 Å². The van der Waals surface area contributed by atoms with E-state index >= 15 is 0 Å². The molecule has 146 valence electrons. The number of anilines is 1. The van der Waals surface area contributed by atoms with Crippen LogP contribution in [0.1, 0.15) is 12.8 Å². The first kappa shape index (κ1) is 21.2. The average molecular weight is 411 g/mol. The molecule has 5 nitrogen and oxygen atoms in total. The minimum atomic E-state index is -3.63. The minimum absolute atomic E-state index is 0.000306. The van der Waals surface area contributed by atoms with Crippen LogP contribution >= 0.6 is 11.8 Å². The molecule has 0 aromatic heterocycles. The topological polar surface area (TPSA) is 66.5 Å².